The summed E-state index contributed by atoms with van der Waals surface area (Å²) in [7, 11) is 1.81. The van der Waals surface area contributed by atoms with Crippen LogP contribution in [0.25, 0.3) is 0 Å². The average molecular weight is 343 g/mol. The minimum atomic E-state index is -0.563. The fraction of sp³-hybridized carbons (Fsp3) is 0.350. The van der Waals surface area contributed by atoms with Crippen molar-refractivity contribution in [2.45, 2.75) is 25.2 Å². The quantitative estimate of drug-likeness (QED) is 0.821. The van der Waals surface area contributed by atoms with Gasteiger partial charge in [-0.2, -0.15) is 0 Å². The first-order valence-electron chi connectivity index (χ1n) is 8.18. The Morgan fingerprint density at radius 2 is 1.58 bits per heavy atom. The minimum Gasteiger partial charge on any atom is -0.388 e. The molecule has 3 nitrogen and oxygen atoms in total. The van der Waals surface area contributed by atoms with Crippen LogP contribution in [0.5, 0.6) is 0 Å². The molecule has 0 aliphatic carbocycles. The molecule has 4 heteroatoms. The summed E-state index contributed by atoms with van der Waals surface area (Å²) in [6.07, 6.45) is -0.563. The molecule has 24 heavy (non-hydrogen) atoms. The molecule has 2 aromatic carbocycles. The molecule has 2 aromatic rings. The summed E-state index contributed by atoms with van der Waals surface area (Å²) in [5.74, 6) is 0.763. The van der Waals surface area contributed by atoms with Crippen LogP contribution in [0.1, 0.15) is 25.5 Å². The van der Waals surface area contributed by atoms with Crippen LogP contribution in [-0.4, -0.2) is 29.1 Å². The van der Waals surface area contributed by atoms with Gasteiger partial charge >= 0.3 is 0 Å². The van der Waals surface area contributed by atoms with Crippen molar-refractivity contribution in [3.63, 3.8) is 0 Å². The lowest BCUT2D eigenvalue weighted by Crippen LogP contribution is -2.38. The minimum absolute atomic E-state index is 0.0708. The Balaban J connectivity index is 2.02. The van der Waals surface area contributed by atoms with Crippen molar-refractivity contribution in [2.24, 2.45) is 5.92 Å². The third-order valence-corrected chi connectivity index (χ3v) is 5.55. The van der Waals surface area contributed by atoms with E-state index in [0.29, 0.717) is 5.75 Å². The van der Waals surface area contributed by atoms with Gasteiger partial charge in [0.05, 0.1) is 11.4 Å². The number of carbonyl (C=O) groups is 1. The number of hydrogen-bond acceptors (Lipinski definition) is 3. The maximum atomic E-state index is 12.9. The Labute approximate surface area is 148 Å². The fourth-order valence-electron chi connectivity index (χ4n) is 2.48. The number of benzene rings is 2. The molecule has 2 rings (SSSR count). The molecule has 2 unspecified atom stereocenters. The summed E-state index contributed by atoms with van der Waals surface area (Å²) in [5.41, 5.74) is 1.77. The van der Waals surface area contributed by atoms with Gasteiger partial charge in [0.15, 0.2) is 0 Å². The summed E-state index contributed by atoms with van der Waals surface area (Å²) < 4.78 is 0. The molecule has 0 bridgehead atoms. The van der Waals surface area contributed by atoms with Crippen LogP contribution in [0.15, 0.2) is 60.7 Å². The molecule has 1 N–H and O–H groups in total. The first-order chi connectivity index (χ1) is 11.5. The molecule has 0 spiro atoms. The lowest BCUT2D eigenvalue weighted by molar-refractivity contribution is -0.118. The molecule has 0 aliphatic heterocycles. The summed E-state index contributed by atoms with van der Waals surface area (Å²) in [5, 5.41) is 10.2. The van der Waals surface area contributed by atoms with Crippen LogP contribution >= 0.6 is 11.8 Å². The van der Waals surface area contributed by atoms with Crippen molar-refractivity contribution >= 4 is 23.4 Å². The smallest absolute Gasteiger partial charge is 0.240 e. The number of para-hydroxylation sites is 1. The zero-order chi connectivity index (χ0) is 17.5. The second kappa shape index (κ2) is 8.90. The predicted octanol–water partition coefficient (Wildman–Crippen LogP) is 4.14. The topological polar surface area (TPSA) is 40.5 Å². The van der Waals surface area contributed by atoms with Crippen molar-refractivity contribution in [2.75, 3.05) is 17.7 Å². The third kappa shape index (κ3) is 4.86. The number of amides is 1. The van der Waals surface area contributed by atoms with Crippen molar-refractivity contribution in [3.8, 4) is 0 Å². The highest BCUT2D eigenvalue weighted by atomic mass is 32.2. The highest BCUT2D eigenvalue weighted by Crippen LogP contribution is 2.28. The first kappa shape index (κ1) is 18.6. The van der Waals surface area contributed by atoms with E-state index in [4.69, 9.17) is 0 Å². The van der Waals surface area contributed by atoms with E-state index >= 15 is 0 Å². The van der Waals surface area contributed by atoms with E-state index in [1.54, 1.807) is 11.9 Å². The van der Waals surface area contributed by atoms with Gasteiger partial charge in [-0.25, -0.2) is 0 Å². The maximum Gasteiger partial charge on any atom is 0.240 e. The SMILES string of the molecule is CC(C)C(SCC(O)c1ccccc1)C(=O)N(C)c1ccccc1. The molecule has 128 valence electrons. The van der Waals surface area contributed by atoms with Gasteiger partial charge in [-0.3, -0.25) is 4.79 Å². The number of anilines is 1. The molecule has 0 aromatic heterocycles. The van der Waals surface area contributed by atoms with Crippen molar-refractivity contribution in [3.05, 3.63) is 66.2 Å². The van der Waals surface area contributed by atoms with E-state index in [9.17, 15) is 9.90 Å². The number of thioether (sulfide) groups is 1. The molecule has 1 amide bonds. The van der Waals surface area contributed by atoms with Crippen LogP contribution in [0.3, 0.4) is 0 Å². The summed E-state index contributed by atoms with van der Waals surface area (Å²) in [6, 6.07) is 19.2. The Morgan fingerprint density at radius 1 is 1.04 bits per heavy atom. The van der Waals surface area contributed by atoms with E-state index in [1.807, 2.05) is 74.5 Å². The molecule has 2 atom stereocenters. The van der Waals surface area contributed by atoms with Crippen molar-refractivity contribution < 1.29 is 9.90 Å². The summed E-state index contributed by atoms with van der Waals surface area (Å²) in [4.78, 5) is 14.6. The van der Waals surface area contributed by atoms with Crippen LogP contribution in [0.2, 0.25) is 0 Å². The second-order valence-corrected chi connectivity index (χ2v) is 7.33. The highest BCUT2D eigenvalue weighted by molar-refractivity contribution is 8.00. The van der Waals surface area contributed by atoms with Crippen LogP contribution in [0, 0.1) is 5.92 Å². The third-order valence-electron chi connectivity index (χ3n) is 3.94. The number of carbonyl (C=O) groups excluding carboxylic acids is 1. The van der Waals surface area contributed by atoms with Crippen LogP contribution in [0.4, 0.5) is 5.69 Å². The van der Waals surface area contributed by atoms with Gasteiger partial charge < -0.3 is 10.0 Å². The Bertz CT molecular complexity index is 631. The zero-order valence-electron chi connectivity index (χ0n) is 14.4. The van der Waals surface area contributed by atoms with Gasteiger partial charge in [-0.05, 0) is 23.6 Å². The molecule has 0 fully saturated rings. The Hall–Kier alpha value is -1.78. The first-order valence-corrected chi connectivity index (χ1v) is 9.22. The van der Waals surface area contributed by atoms with Gasteiger partial charge in [0.2, 0.25) is 5.91 Å². The molecular weight excluding hydrogens is 318 g/mol. The van der Waals surface area contributed by atoms with Crippen LogP contribution in [-0.2, 0) is 4.79 Å². The molecule has 0 saturated heterocycles. The van der Waals surface area contributed by atoms with E-state index in [2.05, 4.69) is 0 Å². The van der Waals surface area contributed by atoms with Gasteiger partial charge in [0, 0.05) is 18.5 Å². The van der Waals surface area contributed by atoms with Gasteiger partial charge in [-0.15, -0.1) is 11.8 Å². The van der Waals surface area contributed by atoms with Gasteiger partial charge in [0.25, 0.3) is 0 Å². The number of aliphatic hydroxyl groups is 1. The molecule has 0 saturated carbocycles. The monoisotopic (exact) mass is 343 g/mol. The standard InChI is InChI=1S/C20H25NO2S/c1-15(2)19(20(23)21(3)17-12-8-5-9-13-17)24-14-18(22)16-10-6-4-7-11-16/h4-13,15,18-19,22H,14H2,1-3H3. The number of nitrogens with zero attached hydrogens (tertiary/aromatic N) is 1. The van der Waals surface area contributed by atoms with E-state index in [0.717, 1.165) is 11.3 Å². The summed E-state index contributed by atoms with van der Waals surface area (Å²) >= 11 is 1.52. The van der Waals surface area contributed by atoms with E-state index in [1.165, 1.54) is 11.8 Å². The van der Waals surface area contributed by atoms with Crippen LogP contribution < -0.4 is 4.90 Å². The zero-order valence-corrected chi connectivity index (χ0v) is 15.2. The lowest BCUT2D eigenvalue weighted by atomic mass is 10.1. The predicted molar refractivity (Wildman–Crippen MR) is 102 cm³/mol. The second-order valence-electron chi connectivity index (χ2n) is 6.16. The van der Waals surface area contributed by atoms with E-state index < -0.39 is 6.10 Å². The highest BCUT2D eigenvalue weighted by Gasteiger charge is 2.27. The molecule has 0 aliphatic rings. The fourth-order valence-corrected chi connectivity index (χ4v) is 3.75. The number of rotatable bonds is 7. The molecular formula is C20H25NO2S. The normalized spacial score (nSPS) is 13.5. The lowest BCUT2D eigenvalue weighted by Gasteiger charge is -2.26. The van der Waals surface area contributed by atoms with E-state index in [-0.39, 0.29) is 17.1 Å². The largest absolute Gasteiger partial charge is 0.388 e. The van der Waals surface area contributed by atoms with Gasteiger partial charge in [0.1, 0.15) is 0 Å². The molecule has 0 radical (unpaired) electrons. The average Bonchev–Trinajstić information content (AvgIpc) is 2.62. The van der Waals surface area contributed by atoms with Crippen molar-refractivity contribution in [1.29, 1.82) is 0 Å². The maximum absolute atomic E-state index is 12.9. The Kier molecular flexibility index (Phi) is 6.88. The Morgan fingerprint density at radius 3 is 2.12 bits per heavy atom. The number of aliphatic hydroxyl groups excluding tert-OH is 1. The summed E-state index contributed by atoms with van der Waals surface area (Å²) in [6.45, 7) is 4.09. The molecule has 0 heterocycles. The number of hydrogen-bond donors (Lipinski definition) is 1. The van der Waals surface area contributed by atoms with Crippen molar-refractivity contribution in [1.82, 2.24) is 0 Å². The van der Waals surface area contributed by atoms with Gasteiger partial charge in [-0.1, -0.05) is 62.4 Å².